The molecule has 2 rings (SSSR count). The molecule has 1 aliphatic rings. The number of rotatable bonds is 1. The molecule has 0 bridgehead atoms. The number of allylic oxidation sites excluding steroid dienone is 2. The Bertz CT molecular complexity index is 616. The fourth-order valence-corrected chi connectivity index (χ4v) is 1.96. The molecule has 0 radical (unpaired) electrons. The number of hydrogen-bond donors (Lipinski definition) is 3. The zero-order valence-corrected chi connectivity index (χ0v) is 9.78. The normalized spacial score (nSPS) is 14.8. The number of Topliss-reactive ketones (excluding diaryl/α,β-unsaturated/α-hetero) is 2. The molecule has 0 saturated heterocycles. The van der Waals surface area contributed by atoms with Crippen molar-refractivity contribution in [1.29, 1.82) is 0 Å². The predicted molar refractivity (Wildman–Crippen MR) is 60.0 cm³/mol. The topological polar surface area (TPSA) is 104 Å². The van der Waals surface area contributed by atoms with E-state index in [0.717, 1.165) is 13.2 Å². The highest BCUT2D eigenvalue weighted by Crippen LogP contribution is 2.43. The molecule has 0 aromatic heterocycles. The van der Waals surface area contributed by atoms with E-state index >= 15 is 0 Å². The Morgan fingerprint density at radius 1 is 1.06 bits per heavy atom. The third kappa shape index (κ3) is 1.42. The second kappa shape index (κ2) is 3.92. The maximum absolute atomic E-state index is 11.9. The third-order valence-electron chi connectivity index (χ3n) is 2.52. The van der Waals surface area contributed by atoms with Gasteiger partial charge in [0.25, 0.3) is 0 Å². The molecular weight excluding hydrogens is 264 g/mol. The molecule has 0 spiro atoms. The molecule has 0 fully saturated rings. The van der Waals surface area contributed by atoms with Crippen molar-refractivity contribution in [3.63, 3.8) is 0 Å². The van der Waals surface area contributed by atoms with Crippen LogP contribution in [-0.4, -0.2) is 34.0 Å². The summed E-state index contributed by atoms with van der Waals surface area (Å²) in [5.41, 5.74) is -0.986. The fraction of sp³-hybridized carbons (Fsp3) is 0.0909. The number of fused-ring (bicyclic) bond motifs is 1. The maximum atomic E-state index is 11.9. The Hall–Kier alpha value is -2.21. The number of carbonyl (C=O) groups excluding carboxylic acids is 2. The van der Waals surface area contributed by atoms with Crippen LogP contribution in [-0.2, 0) is 4.74 Å². The Balaban J connectivity index is 2.86. The number of phenols is 3. The lowest BCUT2D eigenvalue weighted by Crippen LogP contribution is -2.21. The number of benzene rings is 1. The summed E-state index contributed by atoms with van der Waals surface area (Å²) in [5, 5.41) is 28.0. The molecule has 6 nitrogen and oxygen atoms in total. The number of halogens is 1. The third-order valence-corrected chi connectivity index (χ3v) is 2.87. The van der Waals surface area contributed by atoms with Gasteiger partial charge in [0.2, 0.25) is 11.6 Å². The van der Waals surface area contributed by atoms with Crippen LogP contribution in [0.3, 0.4) is 0 Å². The van der Waals surface area contributed by atoms with Gasteiger partial charge in [-0.2, -0.15) is 0 Å². The van der Waals surface area contributed by atoms with E-state index in [0.29, 0.717) is 0 Å². The molecule has 3 N–H and O–H groups in total. The average Bonchev–Trinajstić information content (AvgIpc) is 2.31. The van der Waals surface area contributed by atoms with Gasteiger partial charge in [-0.05, 0) is 0 Å². The van der Waals surface area contributed by atoms with E-state index in [4.69, 9.17) is 11.6 Å². The predicted octanol–water partition coefficient (Wildman–Crippen LogP) is 1.28. The van der Waals surface area contributed by atoms with Crippen molar-refractivity contribution >= 4 is 23.2 Å². The van der Waals surface area contributed by atoms with Crippen molar-refractivity contribution in [2.75, 3.05) is 7.11 Å². The average molecular weight is 271 g/mol. The summed E-state index contributed by atoms with van der Waals surface area (Å²) in [6.07, 6.45) is 0. The summed E-state index contributed by atoms with van der Waals surface area (Å²) in [6.45, 7) is 0. The zero-order valence-electron chi connectivity index (χ0n) is 9.02. The molecular formula is C11H7ClO6. The van der Waals surface area contributed by atoms with Gasteiger partial charge in [0, 0.05) is 6.07 Å². The van der Waals surface area contributed by atoms with Crippen molar-refractivity contribution in [2.24, 2.45) is 0 Å². The van der Waals surface area contributed by atoms with E-state index in [1.54, 1.807) is 0 Å². The molecule has 0 amide bonds. The Labute approximate surface area is 106 Å². The van der Waals surface area contributed by atoms with Crippen molar-refractivity contribution in [3.8, 4) is 17.2 Å². The highest BCUT2D eigenvalue weighted by atomic mass is 35.5. The second-order valence-electron chi connectivity index (χ2n) is 3.52. The minimum atomic E-state index is -0.888. The molecule has 1 aromatic rings. The number of methoxy groups -OCH3 is 1. The van der Waals surface area contributed by atoms with E-state index < -0.39 is 50.7 Å². The number of ketones is 2. The first-order valence-corrected chi connectivity index (χ1v) is 5.09. The molecule has 94 valence electrons. The van der Waals surface area contributed by atoms with Crippen molar-refractivity contribution in [1.82, 2.24) is 0 Å². The van der Waals surface area contributed by atoms with Crippen molar-refractivity contribution < 1.29 is 29.6 Å². The first-order chi connectivity index (χ1) is 8.40. The molecule has 0 aliphatic heterocycles. The lowest BCUT2D eigenvalue weighted by Gasteiger charge is -2.18. The van der Waals surface area contributed by atoms with E-state index in [2.05, 4.69) is 4.74 Å². The monoisotopic (exact) mass is 270 g/mol. The molecule has 1 aliphatic carbocycles. The summed E-state index contributed by atoms with van der Waals surface area (Å²) >= 11 is 5.65. The van der Waals surface area contributed by atoms with E-state index in [1.165, 1.54) is 0 Å². The Morgan fingerprint density at radius 2 is 1.67 bits per heavy atom. The second-order valence-corrected chi connectivity index (χ2v) is 3.90. The molecule has 7 heteroatoms. The van der Waals surface area contributed by atoms with Gasteiger partial charge in [-0.3, -0.25) is 9.59 Å². The fourth-order valence-electron chi connectivity index (χ4n) is 1.70. The van der Waals surface area contributed by atoms with Gasteiger partial charge < -0.3 is 20.1 Å². The lowest BCUT2D eigenvalue weighted by atomic mass is 9.91. The largest absolute Gasteiger partial charge is 0.507 e. The van der Waals surface area contributed by atoms with Crippen LogP contribution >= 0.6 is 11.6 Å². The van der Waals surface area contributed by atoms with Gasteiger partial charge in [-0.25, -0.2) is 0 Å². The van der Waals surface area contributed by atoms with E-state index in [1.807, 2.05) is 0 Å². The van der Waals surface area contributed by atoms with Crippen LogP contribution in [0.2, 0.25) is 0 Å². The van der Waals surface area contributed by atoms with Crippen molar-refractivity contribution in [3.05, 3.63) is 28.0 Å². The van der Waals surface area contributed by atoms with Crippen LogP contribution < -0.4 is 0 Å². The standard InChI is InChI=1S/C11H7ClO6/c1-18-11-7(12)9(16)5-3(13)2-4(14)8(15)6(5)10(11)17/h2,13-15H,1H3. The summed E-state index contributed by atoms with van der Waals surface area (Å²) in [6, 6.07) is 0.751. The van der Waals surface area contributed by atoms with Gasteiger partial charge in [0.15, 0.2) is 17.3 Å². The molecule has 18 heavy (non-hydrogen) atoms. The first kappa shape index (κ1) is 12.3. The van der Waals surface area contributed by atoms with E-state index in [9.17, 15) is 24.9 Å². The van der Waals surface area contributed by atoms with Crippen LogP contribution in [0.5, 0.6) is 17.2 Å². The van der Waals surface area contributed by atoms with Crippen LogP contribution in [0.25, 0.3) is 0 Å². The van der Waals surface area contributed by atoms with Crippen LogP contribution in [0.1, 0.15) is 20.7 Å². The summed E-state index contributed by atoms with van der Waals surface area (Å²) < 4.78 is 4.68. The first-order valence-electron chi connectivity index (χ1n) is 4.71. The van der Waals surface area contributed by atoms with Crippen molar-refractivity contribution in [2.45, 2.75) is 0 Å². The maximum Gasteiger partial charge on any atom is 0.234 e. The number of phenolic OH excluding ortho intramolecular Hbond substituents is 3. The SMILES string of the molecule is COC1=C(Cl)C(=O)c2c(O)cc(O)c(O)c2C1=O. The van der Waals surface area contributed by atoms with Gasteiger partial charge >= 0.3 is 0 Å². The Kier molecular flexibility index (Phi) is 2.67. The van der Waals surface area contributed by atoms with Gasteiger partial charge in [-0.1, -0.05) is 11.6 Å². The number of ether oxygens (including phenoxy) is 1. The molecule has 0 unspecified atom stereocenters. The van der Waals surface area contributed by atoms with Gasteiger partial charge in [0.1, 0.15) is 10.8 Å². The molecule has 0 atom stereocenters. The highest BCUT2D eigenvalue weighted by Gasteiger charge is 2.38. The van der Waals surface area contributed by atoms with Crippen LogP contribution in [0.15, 0.2) is 16.9 Å². The van der Waals surface area contributed by atoms with Crippen LogP contribution in [0.4, 0.5) is 0 Å². The molecule has 0 heterocycles. The smallest absolute Gasteiger partial charge is 0.234 e. The summed E-state index contributed by atoms with van der Waals surface area (Å²) in [4.78, 5) is 23.8. The Morgan fingerprint density at radius 3 is 2.22 bits per heavy atom. The minimum Gasteiger partial charge on any atom is -0.507 e. The van der Waals surface area contributed by atoms with Gasteiger partial charge in [0.05, 0.1) is 18.2 Å². The molecule has 1 aromatic carbocycles. The van der Waals surface area contributed by atoms with Gasteiger partial charge in [-0.15, -0.1) is 0 Å². The van der Waals surface area contributed by atoms with Crippen LogP contribution in [0, 0.1) is 0 Å². The minimum absolute atomic E-state index is 0.450. The zero-order chi connectivity index (χ0) is 13.6. The number of hydrogen-bond acceptors (Lipinski definition) is 6. The quantitative estimate of drug-likeness (QED) is 0.524. The highest BCUT2D eigenvalue weighted by molar-refractivity contribution is 6.50. The number of carbonyl (C=O) groups is 2. The summed E-state index contributed by atoms with van der Waals surface area (Å²) in [7, 11) is 1.13. The summed E-state index contributed by atoms with van der Waals surface area (Å²) in [5.74, 6) is -4.38. The van der Waals surface area contributed by atoms with E-state index in [-0.39, 0.29) is 0 Å². The lowest BCUT2D eigenvalue weighted by molar-refractivity contribution is 0.0907. The number of aromatic hydroxyl groups is 3. The molecule has 0 saturated carbocycles.